The fourth-order valence-corrected chi connectivity index (χ4v) is 3.64. The van der Waals surface area contributed by atoms with Crippen molar-refractivity contribution in [2.45, 2.75) is 38.8 Å². The Morgan fingerprint density at radius 2 is 2.12 bits per heavy atom. The van der Waals surface area contributed by atoms with Crippen LogP contribution in [0.15, 0.2) is 41.5 Å². The van der Waals surface area contributed by atoms with E-state index in [0.717, 1.165) is 11.3 Å². The molecular formula is C21H24N8O3. The predicted molar refractivity (Wildman–Crippen MR) is 117 cm³/mol. The van der Waals surface area contributed by atoms with E-state index in [1.165, 1.54) is 11.1 Å². The van der Waals surface area contributed by atoms with Crippen LogP contribution in [0.2, 0.25) is 0 Å². The summed E-state index contributed by atoms with van der Waals surface area (Å²) in [5.41, 5.74) is 10.5. The van der Waals surface area contributed by atoms with Crippen LogP contribution in [0.4, 0.5) is 5.69 Å². The SMILES string of the molecule is CC1=C(c2cnc(C(=O)Nc3ccnc(C4(C)CC(=O)N(C)C(N)=N4)c3)cn2)C(C)NO1. The lowest BCUT2D eigenvalue weighted by atomic mass is 9.91. The maximum absolute atomic E-state index is 12.7. The van der Waals surface area contributed by atoms with Crippen molar-refractivity contribution in [3.63, 3.8) is 0 Å². The number of rotatable bonds is 4. The summed E-state index contributed by atoms with van der Waals surface area (Å²) in [7, 11) is 1.58. The number of hydrogen-bond donors (Lipinski definition) is 3. The third-order valence-electron chi connectivity index (χ3n) is 5.51. The van der Waals surface area contributed by atoms with Gasteiger partial charge in [0.05, 0.1) is 36.2 Å². The van der Waals surface area contributed by atoms with E-state index >= 15 is 0 Å². The Bertz CT molecular complexity index is 1140. The zero-order valence-corrected chi connectivity index (χ0v) is 18.2. The maximum atomic E-state index is 12.7. The number of hydroxylamine groups is 1. The molecule has 2 aromatic heterocycles. The van der Waals surface area contributed by atoms with Gasteiger partial charge in [0, 0.05) is 24.5 Å². The molecule has 2 aliphatic rings. The molecule has 4 heterocycles. The topological polar surface area (TPSA) is 148 Å². The summed E-state index contributed by atoms with van der Waals surface area (Å²) in [4.78, 5) is 48.9. The van der Waals surface area contributed by atoms with Crippen molar-refractivity contribution in [2.75, 3.05) is 12.4 Å². The van der Waals surface area contributed by atoms with E-state index in [1.54, 1.807) is 38.5 Å². The highest BCUT2D eigenvalue weighted by Crippen LogP contribution is 2.32. The first kappa shape index (κ1) is 21.4. The molecule has 2 unspecified atom stereocenters. The number of nitrogens with one attached hydrogen (secondary N) is 2. The number of amides is 2. The van der Waals surface area contributed by atoms with E-state index in [2.05, 4.69) is 30.7 Å². The minimum absolute atomic E-state index is 0.0243. The summed E-state index contributed by atoms with van der Waals surface area (Å²) in [5.74, 6) is 0.262. The van der Waals surface area contributed by atoms with Gasteiger partial charge in [-0.3, -0.25) is 24.5 Å². The number of pyridine rings is 1. The Morgan fingerprint density at radius 1 is 1.34 bits per heavy atom. The zero-order valence-electron chi connectivity index (χ0n) is 18.2. The predicted octanol–water partition coefficient (Wildman–Crippen LogP) is 1.17. The number of aromatic nitrogens is 3. The third-order valence-corrected chi connectivity index (χ3v) is 5.51. The average molecular weight is 436 g/mol. The summed E-state index contributed by atoms with van der Waals surface area (Å²) in [6.07, 6.45) is 4.62. The van der Waals surface area contributed by atoms with Gasteiger partial charge in [0.1, 0.15) is 17.0 Å². The van der Waals surface area contributed by atoms with E-state index in [4.69, 9.17) is 10.6 Å². The van der Waals surface area contributed by atoms with E-state index < -0.39 is 11.4 Å². The van der Waals surface area contributed by atoms with E-state index in [-0.39, 0.29) is 30.0 Å². The van der Waals surface area contributed by atoms with Crippen LogP contribution in [0.1, 0.15) is 49.1 Å². The van der Waals surface area contributed by atoms with Crippen molar-refractivity contribution in [1.82, 2.24) is 25.3 Å². The monoisotopic (exact) mass is 436 g/mol. The molecule has 0 aromatic carbocycles. The highest BCUT2D eigenvalue weighted by Gasteiger charge is 2.37. The zero-order chi connectivity index (χ0) is 23.0. The van der Waals surface area contributed by atoms with Gasteiger partial charge in [0.25, 0.3) is 5.91 Å². The number of hydrogen-bond acceptors (Lipinski definition) is 9. The van der Waals surface area contributed by atoms with Gasteiger partial charge in [0.2, 0.25) is 5.91 Å². The fourth-order valence-electron chi connectivity index (χ4n) is 3.64. The number of guanidine groups is 1. The van der Waals surface area contributed by atoms with Crippen molar-refractivity contribution >= 4 is 29.0 Å². The second-order valence-corrected chi connectivity index (χ2v) is 7.96. The van der Waals surface area contributed by atoms with Gasteiger partial charge in [-0.15, -0.1) is 5.48 Å². The summed E-state index contributed by atoms with van der Waals surface area (Å²) >= 11 is 0. The first-order chi connectivity index (χ1) is 15.2. The van der Waals surface area contributed by atoms with Crippen LogP contribution in [0, 0.1) is 0 Å². The molecule has 32 heavy (non-hydrogen) atoms. The van der Waals surface area contributed by atoms with Gasteiger partial charge in [-0.2, -0.15) is 0 Å². The van der Waals surface area contributed by atoms with Gasteiger partial charge in [-0.25, -0.2) is 9.98 Å². The molecule has 4 N–H and O–H groups in total. The Balaban J connectivity index is 1.52. The summed E-state index contributed by atoms with van der Waals surface area (Å²) < 4.78 is 0. The van der Waals surface area contributed by atoms with Crippen molar-refractivity contribution in [3.05, 3.63) is 53.6 Å². The van der Waals surface area contributed by atoms with Crippen LogP contribution in [0.25, 0.3) is 5.57 Å². The van der Waals surface area contributed by atoms with Crippen molar-refractivity contribution in [1.29, 1.82) is 0 Å². The second-order valence-electron chi connectivity index (χ2n) is 7.96. The largest absolute Gasteiger partial charge is 0.412 e. The average Bonchev–Trinajstić information content (AvgIpc) is 3.10. The fraction of sp³-hybridized carbons (Fsp3) is 0.333. The first-order valence-electron chi connectivity index (χ1n) is 10.0. The summed E-state index contributed by atoms with van der Waals surface area (Å²) in [5, 5.41) is 2.79. The van der Waals surface area contributed by atoms with Crippen LogP contribution in [0.3, 0.4) is 0 Å². The minimum atomic E-state index is -0.921. The molecule has 0 spiro atoms. The molecule has 0 aliphatic carbocycles. The second kappa shape index (κ2) is 8.00. The Morgan fingerprint density at radius 3 is 2.75 bits per heavy atom. The smallest absolute Gasteiger partial charge is 0.275 e. The summed E-state index contributed by atoms with van der Waals surface area (Å²) in [6.45, 7) is 5.57. The van der Waals surface area contributed by atoms with E-state index in [1.807, 2.05) is 13.8 Å². The van der Waals surface area contributed by atoms with Crippen molar-refractivity contribution < 1.29 is 14.4 Å². The molecule has 0 fully saturated rings. The number of carbonyl (C=O) groups excluding carboxylic acids is 2. The van der Waals surface area contributed by atoms with Crippen molar-refractivity contribution in [3.8, 4) is 0 Å². The van der Waals surface area contributed by atoms with E-state index in [9.17, 15) is 9.59 Å². The quantitative estimate of drug-likeness (QED) is 0.647. The molecule has 0 bridgehead atoms. The third kappa shape index (κ3) is 3.89. The first-order valence-corrected chi connectivity index (χ1v) is 10.0. The lowest BCUT2D eigenvalue weighted by molar-refractivity contribution is -0.128. The number of carbonyl (C=O) groups is 2. The molecule has 0 radical (unpaired) electrons. The molecule has 2 amide bonds. The standard InChI is InChI=1S/C21H24N8O3/c1-11-18(12(2)32-28-11)14-9-25-15(10-24-14)19(31)26-13-5-6-23-16(7-13)21(3)8-17(30)29(4)20(22)27-21/h5-7,9-11,28H,8H2,1-4H3,(H2,22,27)(H,23,26,31). The maximum Gasteiger partial charge on any atom is 0.275 e. The molecule has 11 heteroatoms. The van der Waals surface area contributed by atoms with Crippen LogP contribution >= 0.6 is 0 Å². The molecule has 0 saturated carbocycles. The minimum Gasteiger partial charge on any atom is -0.412 e. The summed E-state index contributed by atoms with van der Waals surface area (Å²) in [6, 6.07) is 3.30. The number of nitrogens with zero attached hydrogens (tertiary/aromatic N) is 5. The van der Waals surface area contributed by atoms with Crippen molar-refractivity contribution in [2.24, 2.45) is 10.7 Å². The van der Waals surface area contributed by atoms with Crippen LogP contribution in [0.5, 0.6) is 0 Å². The van der Waals surface area contributed by atoms with Crippen LogP contribution in [-0.4, -0.2) is 50.7 Å². The molecule has 11 nitrogen and oxygen atoms in total. The number of allylic oxidation sites excluding steroid dienone is 1. The molecule has 166 valence electrons. The van der Waals surface area contributed by atoms with Gasteiger partial charge in [0.15, 0.2) is 5.96 Å². The Kier molecular flexibility index (Phi) is 5.35. The lowest BCUT2D eigenvalue weighted by Crippen LogP contribution is -2.47. The van der Waals surface area contributed by atoms with E-state index in [0.29, 0.717) is 17.1 Å². The lowest BCUT2D eigenvalue weighted by Gasteiger charge is -2.32. The Hall–Kier alpha value is -3.86. The molecule has 0 saturated heterocycles. The van der Waals surface area contributed by atoms with Crippen LogP contribution in [-0.2, 0) is 15.2 Å². The Labute approximate surface area is 184 Å². The molecular weight excluding hydrogens is 412 g/mol. The highest BCUT2D eigenvalue weighted by atomic mass is 16.7. The van der Waals surface area contributed by atoms with Gasteiger partial charge < -0.3 is 15.9 Å². The molecule has 2 aliphatic heterocycles. The van der Waals surface area contributed by atoms with Gasteiger partial charge in [-0.05, 0) is 32.9 Å². The normalized spacial score (nSPS) is 23.1. The number of nitrogens with two attached hydrogens (primary N) is 1. The molecule has 2 atom stereocenters. The van der Waals surface area contributed by atoms with Gasteiger partial charge in [-0.1, -0.05) is 0 Å². The molecule has 4 rings (SSSR count). The number of aliphatic imine (C=N–C) groups is 1. The molecule has 2 aromatic rings. The van der Waals surface area contributed by atoms with Crippen LogP contribution < -0.4 is 16.5 Å². The van der Waals surface area contributed by atoms with Gasteiger partial charge >= 0.3 is 0 Å². The highest BCUT2D eigenvalue weighted by molar-refractivity contribution is 6.03. The number of anilines is 1.